The van der Waals surface area contributed by atoms with E-state index in [4.69, 9.17) is 4.42 Å². The number of carbonyl (C=O) groups excluding carboxylic acids is 1. The van der Waals surface area contributed by atoms with Crippen molar-refractivity contribution in [3.63, 3.8) is 0 Å². The van der Waals surface area contributed by atoms with Crippen LogP contribution in [0.2, 0.25) is 0 Å². The first-order chi connectivity index (χ1) is 15.1. The number of nitrogens with one attached hydrogen (secondary N) is 1. The topological polar surface area (TPSA) is 94.4 Å². The summed E-state index contributed by atoms with van der Waals surface area (Å²) >= 11 is 2.64. The second kappa shape index (κ2) is 8.05. The fraction of sp³-hybridized carbons (Fsp3) is 0.143. The first kappa shape index (κ1) is 19.6. The number of nitrogens with zero attached hydrogens (tertiary/aromatic N) is 4. The van der Waals surface area contributed by atoms with Gasteiger partial charge in [0.25, 0.3) is 5.56 Å². The van der Waals surface area contributed by atoms with Gasteiger partial charge in [-0.05, 0) is 48.2 Å². The lowest BCUT2D eigenvalue weighted by Gasteiger charge is -2.08. The maximum Gasteiger partial charge on any atom is 0.273 e. The molecule has 0 saturated carbocycles. The van der Waals surface area contributed by atoms with Gasteiger partial charge in [-0.1, -0.05) is 23.9 Å². The van der Waals surface area contributed by atoms with Crippen molar-refractivity contribution in [1.82, 2.24) is 19.2 Å². The second-order valence-electron chi connectivity index (χ2n) is 6.93. The van der Waals surface area contributed by atoms with E-state index in [1.807, 2.05) is 53.1 Å². The van der Waals surface area contributed by atoms with Crippen LogP contribution in [0.4, 0.5) is 5.69 Å². The van der Waals surface area contributed by atoms with Crippen molar-refractivity contribution in [3.8, 4) is 0 Å². The van der Waals surface area contributed by atoms with Crippen LogP contribution in [0.15, 0.2) is 68.5 Å². The minimum Gasteiger partial charge on any atom is -0.467 e. The molecule has 0 aliphatic rings. The summed E-state index contributed by atoms with van der Waals surface area (Å²) in [6.45, 7) is 2.22. The normalized spacial score (nSPS) is 11.4. The minimum atomic E-state index is -0.143. The van der Waals surface area contributed by atoms with E-state index in [0.29, 0.717) is 21.4 Å². The van der Waals surface area contributed by atoms with Crippen LogP contribution in [-0.4, -0.2) is 30.8 Å². The number of fused-ring (bicyclic) bond motifs is 3. The molecule has 0 aliphatic heterocycles. The predicted molar refractivity (Wildman–Crippen MR) is 121 cm³/mol. The highest BCUT2D eigenvalue weighted by Gasteiger charge is 2.19. The molecule has 5 rings (SSSR count). The number of benzene rings is 1. The molecule has 0 unspecified atom stereocenters. The SMILES string of the molecule is Cc1cccc(NC(=O)CSc2nnc3n(Cc4ccco4)c(=O)c4sccc4n23)c1. The highest BCUT2D eigenvalue weighted by Crippen LogP contribution is 2.25. The first-order valence-corrected chi connectivity index (χ1v) is 11.3. The van der Waals surface area contributed by atoms with Gasteiger partial charge in [-0.15, -0.1) is 21.5 Å². The molecule has 1 amide bonds. The van der Waals surface area contributed by atoms with Gasteiger partial charge in [0, 0.05) is 5.69 Å². The van der Waals surface area contributed by atoms with Crippen LogP contribution in [0.5, 0.6) is 0 Å². The number of furan rings is 1. The maximum absolute atomic E-state index is 13.0. The van der Waals surface area contributed by atoms with E-state index >= 15 is 0 Å². The maximum atomic E-state index is 13.0. The van der Waals surface area contributed by atoms with E-state index in [1.54, 1.807) is 16.9 Å². The van der Waals surface area contributed by atoms with Gasteiger partial charge < -0.3 is 9.73 Å². The van der Waals surface area contributed by atoms with E-state index < -0.39 is 0 Å². The fourth-order valence-electron chi connectivity index (χ4n) is 3.34. The number of amides is 1. The predicted octanol–water partition coefficient (Wildman–Crippen LogP) is 3.79. The largest absolute Gasteiger partial charge is 0.467 e. The van der Waals surface area contributed by atoms with Gasteiger partial charge in [0.15, 0.2) is 5.16 Å². The summed E-state index contributed by atoms with van der Waals surface area (Å²) in [5.74, 6) is 1.08. The number of carbonyl (C=O) groups is 1. The van der Waals surface area contributed by atoms with Crippen LogP contribution in [0.1, 0.15) is 11.3 Å². The Morgan fingerprint density at radius 1 is 1.23 bits per heavy atom. The molecule has 0 radical (unpaired) electrons. The van der Waals surface area contributed by atoms with Gasteiger partial charge in [0.1, 0.15) is 10.5 Å². The Labute approximate surface area is 184 Å². The molecular formula is C21H17N5O3S2. The third kappa shape index (κ3) is 3.75. The molecule has 0 atom stereocenters. The van der Waals surface area contributed by atoms with Crippen molar-refractivity contribution in [1.29, 1.82) is 0 Å². The van der Waals surface area contributed by atoms with Crippen molar-refractivity contribution >= 4 is 50.7 Å². The van der Waals surface area contributed by atoms with E-state index in [9.17, 15) is 9.59 Å². The standard InChI is InChI=1S/C21H17N5O3S2/c1-13-4-2-5-14(10-13)22-17(27)12-31-21-24-23-20-25(11-15-6-3-8-29-15)19(28)18-16(26(20)21)7-9-30-18/h2-10H,11-12H2,1H3,(H,22,27). The first-order valence-electron chi connectivity index (χ1n) is 9.47. The number of hydrogen-bond donors (Lipinski definition) is 1. The number of aryl methyl sites for hydroxylation is 1. The molecule has 4 aromatic heterocycles. The summed E-state index contributed by atoms with van der Waals surface area (Å²) in [5.41, 5.74) is 2.41. The lowest BCUT2D eigenvalue weighted by Crippen LogP contribution is -2.23. The Hall–Kier alpha value is -3.37. The van der Waals surface area contributed by atoms with Crippen molar-refractivity contribution < 1.29 is 9.21 Å². The Morgan fingerprint density at radius 2 is 2.13 bits per heavy atom. The summed E-state index contributed by atoms with van der Waals surface area (Å²) in [6.07, 6.45) is 1.57. The third-order valence-electron chi connectivity index (χ3n) is 4.71. The molecule has 0 aliphatic carbocycles. The van der Waals surface area contributed by atoms with Crippen molar-refractivity contribution in [2.75, 3.05) is 11.1 Å². The van der Waals surface area contributed by atoms with E-state index in [-0.39, 0.29) is 23.8 Å². The molecule has 156 valence electrons. The smallest absolute Gasteiger partial charge is 0.273 e. The molecule has 0 bridgehead atoms. The second-order valence-corrected chi connectivity index (χ2v) is 8.79. The van der Waals surface area contributed by atoms with Crippen LogP contribution >= 0.6 is 23.1 Å². The number of anilines is 1. The highest BCUT2D eigenvalue weighted by atomic mass is 32.2. The van der Waals surface area contributed by atoms with Crippen molar-refractivity contribution in [2.24, 2.45) is 0 Å². The summed E-state index contributed by atoms with van der Waals surface area (Å²) in [5, 5.41) is 13.8. The molecular weight excluding hydrogens is 434 g/mol. The van der Waals surface area contributed by atoms with Gasteiger partial charge in [-0.3, -0.25) is 18.6 Å². The van der Waals surface area contributed by atoms with Gasteiger partial charge in [0.2, 0.25) is 11.7 Å². The van der Waals surface area contributed by atoms with Gasteiger partial charge in [0.05, 0.1) is 24.1 Å². The zero-order chi connectivity index (χ0) is 21.4. The average Bonchev–Trinajstić information content (AvgIpc) is 3.50. The lowest BCUT2D eigenvalue weighted by molar-refractivity contribution is -0.113. The Balaban J connectivity index is 1.46. The number of rotatable bonds is 6. The lowest BCUT2D eigenvalue weighted by atomic mass is 10.2. The molecule has 10 heteroatoms. The molecule has 0 spiro atoms. The fourth-order valence-corrected chi connectivity index (χ4v) is 4.91. The summed E-state index contributed by atoms with van der Waals surface area (Å²) in [7, 11) is 0. The van der Waals surface area contributed by atoms with Gasteiger partial charge in [-0.2, -0.15) is 0 Å². The third-order valence-corrected chi connectivity index (χ3v) is 6.53. The quantitative estimate of drug-likeness (QED) is 0.395. The minimum absolute atomic E-state index is 0.141. The van der Waals surface area contributed by atoms with Crippen LogP contribution in [-0.2, 0) is 11.3 Å². The highest BCUT2D eigenvalue weighted by molar-refractivity contribution is 7.99. The van der Waals surface area contributed by atoms with Crippen molar-refractivity contribution in [3.05, 3.63) is 75.8 Å². The number of thiophene rings is 1. The van der Waals surface area contributed by atoms with Crippen LogP contribution in [0.25, 0.3) is 16.0 Å². The molecule has 0 fully saturated rings. The zero-order valence-corrected chi connectivity index (χ0v) is 18.1. The van der Waals surface area contributed by atoms with E-state index in [1.165, 1.54) is 23.1 Å². The van der Waals surface area contributed by atoms with Crippen LogP contribution in [0.3, 0.4) is 0 Å². The summed E-state index contributed by atoms with van der Waals surface area (Å²) in [6, 6.07) is 13.1. The Bertz CT molecular complexity index is 1450. The molecule has 1 aromatic carbocycles. The zero-order valence-electron chi connectivity index (χ0n) is 16.4. The molecule has 1 N–H and O–H groups in total. The monoisotopic (exact) mass is 451 g/mol. The Morgan fingerprint density at radius 3 is 2.94 bits per heavy atom. The molecule has 5 aromatic rings. The number of hydrogen-bond acceptors (Lipinski definition) is 7. The van der Waals surface area contributed by atoms with Crippen LogP contribution in [0, 0.1) is 6.92 Å². The van der Waals surface area contributed by atoms with Crippen molar-refractivity contribution in [2.45, 2.75) is 18.6 Å². The van der Waals surface area contributed by atoms with Gasteiger partial charge in [-0.25, -0.2) is 0 Å². The van der Waals surface area contributed by atoms with E-state index in [2.05, 4.69) is 15.5 Å². The summed E-state index contributed by atoms with van der Waals surface area (Å²) < 4.78 is 9.38. The number of thioether (sulfide) groups is 1. The molecule has 0 saturated heterocycles. The molecule has 8 nitrogen and oxygen atoms in total. The summed E-state index contributed by atoms with van der Waals surface area (Å²) in [4.78, 5) is 25.5. The van der Waals surface area contributed by atoms with Crippen LogP contribution < -0.4 is 10.9 Å². The van der Waals surface area contributed by atoms with E-state index in [0.717, 1.165) is 16.8 Å². The molecule has 4 heterocycles. The van der Waals surface area contributed by atoms with Gasteiger partial charge >= 0.3 is 0 Å². The Kier molecular flexibility index (Phi) is 5.08. The molecule has 31 heavy (non-hydrogen) atoms. The average molecular weight is 452 g/mol. The number of aromatic nitrogens is 4.